The largest absolute Gasteiger partial charge is 0.492 e. The molecule has 168 valence electrons. The minimum atomic E-state index is -0.319. The van der Waals surface area contributed by atoms with Crippen molar-refractivity contribution in [2.45, 2.75) is 39.5 Å². The van der Waals surface area contributed by atoms with Crippen LogP contribution in [-0.4, -0.2) is 32.3 Å². The summed E-state index contributed by atoms with van der Waals surface area (Å²) in [5.74, 6) is 0.212. The zero-order valence-corrected chi connectivity index (χ0v) is 18.9. The van der Waals surface area contributed by atoms with Crippen molar-refractivity contribution in [3.05, 3.63) is 71.2 Å². The molecular formula is C25H30FN5O. The van der Waals surface area contributed by atoms with Gasteiger partial charge >= 0.3 is 0 Å². The number of halogens is 1. The first-order valence-corrected chi connectivity index (χ1v) is 11.1. The Morgan fingerprint density at radius 1 is 1.12 bits per heavy atom. The van der Waals surface area contributed by atoms with Gasteiger partial charge in [-0.15, -0.1) is 0 Å². The number of pyridine rings is 1. The SMILES string of the molecule is CCCc1nn(C)c(C)c1CCOc1cc(F)ccc1-c1ccc2ncc(CCN)n2c1. The highest BCUT2D eigenvalue weighted by molar-refractivity contribution is 5.71. The van der Waals surface area contributed by atoms with Crippen LogP contribution in [0.5, 0.6) is 5.75 Å². The minimum Gasteiger partial charge on any atom is -0.492 e. The standard InChI is InChI=1S/C25H30FN5O/c1-4-5-23-21(17(2)30(3)29-23)11-13-32-24-14-19(26)7-8-22(24)18-6-9-25-28-15-20(10-12-27)31(25)16-18/h6-9,14-16H,4-5,10-13,27H2,1-3H3. The van der Waals surface area contributed by atoms with Gasteiger partial charge in [0.15, 0.2) is 0 Å². The van der Waals surface area contributed by atoms with E-state index in [1.807, 2.05) is 40.7 Å². The number of aromatic nitrogens is 4. The molecule has 4 aromatic rings. The first-order chi connectivity index (χ1) is 15.5. The number of nitrogens with zero attached hydrogens (tertiary/aromatic N) is 4. The van der Waals surface area contributed by atoms with E-state index in [4.69, 9.17) is 10.5 Å². The van der Waals surface area contributed by atoms with Crippen molar-refractivity contribution in [1.29, 1.82) is 0 Å². The molecule has 0 atom stereocenters. The molecule has 32 heavy (non-hydrogen) atoms. The molecule has 0 fully saturated rings. The lowest BCUT2D eigenvalue weighted by atomic mass is 10.1. The second-order valence-corrected chi connectivity index (χ2v) is 8.06. The molecule has 4 rings (SSSR count). The minimum absolute atomic E-state index is 0.319. The van der Waals surface area contributed by atoms with Crippen molar-refractivity contribution in [2.24, 2.45) is 12.8 Å². The second kappa shape index (κ2) is 9.53. The van der Waals surface area contributed by atoms with Crippen LogP contribution < -0.4 is 10.5 Å². The highest BCUT2D eigenvalue weighted by Gasteiger charge is 2.14. The van der Waals surface area contributed by atoms with Crippen molar-refractivity contribution in [1.82, 2.24) is 19.2 Å². The first kappa shape index (κ1) is 22.0. The van der Waals surface area contributed by atoms with Crippen molar-refractivity contribution in [3.8, 4) is 16.9 Å². The van der Waals surface area contributed by atoms with Crippen LogP contribution in [0.4, 0.5) is 4.39 Å². The van der Waals surface area contributed by atoms with E-state index in [9.17, 15) is 4.39 Å². The molecule has 0 aliphatic rings. The summed E-state index contributed by atoms with van der Waals surface area (Å²) >= 11 is 0. The van der Waals surface area contributed by atoms with Gasteiger partial charge in [0.05, 0.1) is 12.3 Å². The predicted molar refractivity (Wildman–Crippen MR) is 124 cm³/mol. The van der Waals surface area contributed by atoms with Crippen LogP contribution in [0.3, 0.4) is 0 Å². The summed E-state index contributed by atoms with van der Waals surface area (Å²) in [6.07, 6.45) is 7.31. The number of hydrogen-bond donors (Lipinski definition) is 1. The summed E-state index contributed by atoms with van der Waals surface area (Å²) in [6.45, 7) is 5.23. The average molecular weight is 436 g/mol. The van der Waals surface area contributed by atoms with E-state index in [1.54, 1.807) is 6.07 Å². The highest BCUT2D eigenvalue weighted by atomic mass is 19.1. The van der Waals surface area contributed by atoms with E-state index in [2.05, 4.69) is 23.9 Å². The number of imidazole rings is 1. The number of benzene rings is 1. The number of aryl methyl sites for hydroxylation is 2. The molecule has 3 aromatic heterocycles. The van der Waals surface area contributed by atoms with Crippen LogP contribution in [0.25, 0.3) is 16.8 Å². The molecule has 0 saturated heterocycles. The summed E-state index contributed by atoms with van der Waals surface area (Å²) in [5, 5.41) is 4.64. The Morgan fingerprint density at radius 2 is 1.97 bits per heavy atom. The predicted octanol–water partition coefficient (Wildman–Crippen LogP) is 4.26. The summed E-state index contributed by atoms with van der Waals surface area (Å²) in [4.78, 5) is 4.43. The highest BCUT2D eigenvalue weighted by Crippen LogP contribution is 2.31. The fourth-order valence-electron chi connectivity index (χ4n) is 4.12. The van der Waals surface area contributed by atoms with Gasteiger partial charge in [-0.25, -0.2) is 9.37 Å². The van der Waals surface area contributed by atoms with Gasteiger partial charge in [-0.3, -0.25) is 4.68 Å². The van der Waals surface area contributed by atoms with Crippen LogP contribution in [0.15, 0.2) is 42.7 Å². The van der Waals surface area contributed by atoms with Crippen LogP contribution >= 0.6 is 0 Å². The van der Waals surface area contributed by atoms with E-state index in [0.717, 1.165) is 59.5 Å². The van der Waals surface area contributed by atoms with Gasteiger partial charge < -0.3 is 14.9 Å². The van der Waals surface area contributed by atoms with Gasteiger partial charge in [-0.1, -0.05) is 13.3 Å². The number of hydrogen-bond acceptors (Lipinski definition) is 4. The van der Waals surface area contributed by atoms with Gasteiger partial charge in [0, 0.05) is 60.9 Å². The normalized spacial score (nSPS) is 11.4. The van der Waals surface area contributed by atoms with Crippen LogP contribution in [-0.2, 0) is 26.3 Å². The number of fused-ring (bicyclic) bond motifs is 1. The van der Waals surface area contributed by atoms with E-state index in [1.165, 1.54) is 17.7 Å². The molecule has 0 unspecified atom stereocenters. The third-order valence-corrected chi connectivity index (χ3v) is 5.88. The zero-order valence-electron chi connectivity index (χ0n) is 18.9. The van der Waals surface area contributed by atoms with E-state index in [-0.39, 0.29) is 5.82 Å². The van der Waals surface area contributed by atoms with Gasteiger partial charge in [0.2, 0.25) is 0 Å². The van der Waals surface area contributed by atoms with E-state index >= 15 is 0 Å². The summed E-state index contributed by atoms with van der Waals surface area (Å²) in [5.41, 5.74) is 12.9. The quantitative estimate of drug-likeness (QED) is 0.427. The Balaban J connectivity index is 1.60. The Bertz CT molecular complexity index is 1230. The molecule has 0 aliphatic carbocycles. The maximum atomic E-state index is 14.1. The molecule has 0 spiro atoms. The van der Waals surface area contributed by atoms with Gasteiger partial charge in [-0.2, -0.15) is 5.10 Å². The Morgan fingerprint density at radius 3 is 2.75 bits per heavy atom. The van der Waals surface area contributed by atoms with Crippen molar-refractivity contribution >= 4 is 5.65 Å². The molecule has 3 heterocycles. The summed E-state index contributed by atoms with van der Waals surface area (Å²) < 4.78 is 24.2. The maximum absolute atomic E-state index is 14.1. The molecule has 0 saturated carbocycles. The topological polar surface area (TPSA) is 70.4 Å². The zero-order chi connectivity index (χ0) is 22.7. The van der Waals surface area contributed by atoms with E-state index < -0.39 is 0 Å². The Labute approximate surface area is 187 Å². The summed E-state index contributed by atoms with van der Waals surface area (Å²) in [7, 11) is 1.97. The average Bonchev–Trinajstić information content (AvgIpc) is 3.30. The van der Waals surface area contributed by atoms with Crippen molar-refractivity contribution in [2.75, 3.05) is 13.2 Å². The molecule has 6 nitrogen and oxygen atoms in total. The number of nitrogens with two attached hydrogens (primary N) is 1. The molecule has 0 amide bonds. The molecule has 7 heteroatoms. The van der Waals surface area contributed by atoms with Crippen molar-refractivity contribution in [3.63, 3.8) is 0 Å². The lowest BCUT2D eigenvalue weighted by Crippen LogP contribution is -2.06. The van der Waals surface area contributed by atoms with Crippen molar-refractivity contribution < 1.29 is 9.13 Å². The van der Waals surface area contributed by atoms with E-state index in [0.29, 0.717) is 18.9 Å². The third kappa shape index (κ3) is 4.39. The third-order valence-electron chi connectivity index (χ3n) is 5.88. The lowest BCUT2D eigenvalue weighted by molar-refractivity contribution is 0.321. The van der Waals surface area contributed by atoms with Gasteiger partial charge in [0.25, 0.3) is 0 Å². The van der Waals surface area contributed by atoms with Crippen LogP contribution in [0, 0.1) is 12.7 Å². The Kier molecular flexibility index (Phi) is 6.55. The molecule has 1 aromatic carbocycles. The Hall–Kier alpha value is -3.19. The molecule has 2 N–H and O–H groups in total. The molecule has 0 aliphatic heterocycles. The fraction of sp³-hybridized carbons (Fsp3) is 0.360. The number of rotatable bonds is 9. The maximum Gasteiger partial charge on any atom is 0.136 e. The lowest BCUT2D eigenvalue weighted by Gasteiger charge is -2.13. The monoisotopic (exact) mass is 435 g/mol. The van der Waals surface area contributed by atoms with Crippen LogP contribution in [0.1, 0.15) is 36.0 Å². The van der Waals surface area contributed by atoms with Crippen LogP contribution in [0.2, 0.25) is 0 Å². The van der Waals surface area contributed by atoms with Gasteiger partial charge in [-0.05, 0) is 49.7 Å². The molecule has 0 radical (unpaired) electrons. The molecular weight excluding hydrogens is 405 g/mol. The first-order valence-electron chi connectivity index (χ1n) is 11.1. The smallest absolute Gasteiger partial charge is 0.136 e. The summed E-state index contributed by atoms with van der Waals surface area (Å²) in [6, 6.07) is 8.63. The molecule has 0 bridgehead atoms. The fourth-order valence-corrected chi connectivity index (χ4v) is 4.12. The second-order valence-electron chi connectivity index (χ2n) is 8.06. The number of ether oxygens (including phenoxy) is 1. The van der Waals surface area contributed by atoms with Gasteiger partial charge in [0.1, 0.15) is 17.2 Å².